The van der Waals surface area contributed by atoms with Crippen LogP contribution in [0.15, 0.2) is 24.4 Å². The van der Waals surface area contributed by atoms with Crippen molar-refractivity contribution in [1.82, 2.24) is 14.5 Å². The van der Waals surface area contributed by atoms with E-state index in [9.17, 15) is 9.18 Å². The van der Waals surface area contributed by atoms with E-state index in [1.807, 2.05) is 24.7 Å². The second kappa shape index (κ2) is 6.63. The number of imidazole rings is 1. The molecular formula is C18H22FN3O2. The first kappa shape index (κ1) is 16.5. The van der Waals surface area contributed by atoms with Gasteiger partial charge in [0, 0.05) is 32.3 Å². The molecule has 1 aliphatic rings. The molecule has 0 radical (unpaired) electrons. The third-order valence-electron chi connectivity index (χ3n) is 4.50. The van der Waals surface area contributed by atoms with Crippen LogP contribution in [0.4, 0.5) is 4.39 Å². The zero-order valence-corrected chi connectivity index (χ0v) is 14.3. The van der Waals surface area contributed by atoms with E-state index in [0.717, 1.165) is 24.4 Å². The molecule has 0 bridgehead atoms. The lowest BCUT2D eigenvalue weighted by Crippen LogP contribution is -2.39. The van der Waals surface area contributed by atoms with Crippen molar-refractivity contribution in [2.24, 2.45) is 7.05 Å². The van der Waals surface area contributed by atoms with E-state index in [1.165, 1.54) is 25.3 Å². The number of hydrogen-bond acceptors (Lipinski definition) is 3. The highest BCUT2D eigenvalue weighted by molar-refractivity contribution is 5.97. The average molecular weight is 331 g/mol. The Labute approximate surface area is 141 Å². The van der Waals surface area contributed by atoms with Crippen LogP contribution in [0.5, 0.6) is 5.75 Å². The molecule has 0 N–H and O–H groups in total. The number of aromatic nitrogens is 2. The smallest absolute Gasteiger partial charge is 0.257 e. The number of amides is 1. The van der Waals surface area contributed by atoms with Crippen LogP contribution in [0.3, 0.4) is 0 Å². The molecule has 0 aliphatic carbocycles. The fraction of sp³-hybridized carbons (Fsp3) is 0.444. The molecule has 1 aromatic carbocycles. The summed E-state index contributed by atoms with van der Waals surface area (Å²) in [6.07, 6.45) is 3.89. The molecule has 3 rings (SSSR count). The average Bonchev–Trinajstić information content (AvgIpc) is 2.92. The molecule has 1 aromatic heterocycles. The molecule has 128 valence electrons. The molecule has 1 amide bonds. The maximum Gasteiger partial charge on any atom is 0.257 e. The Hall–Kier alpha value is -2.37. The zero-order valence-electron chi connectivity index (χ0n) is 14.3. The van der Waals surface area contributed by atoms with Crippen molar-refractivity contribution in [3.63, 3.8) is 0 Å². The molecule has 1 aliphatic heterocycles. The fourth-order valence-electron chi connectivity index (χ4n) is 3.40. The van der Waals surface area contributed by atoms with Crippen LogP contribution in [-0.4, -0.2) is 40.6 Å². The highest BCUT2D eigenvalue weighted by Gasteiger charge is 2.29. The largest absolute Gasteiger partial charge is 0.496 e. The van der Waals surface area contributed by atoms with Crippen LogP contribution in [0, 0.1) is 12.7 Å². The van der Waals surface area contributed by atoms with Crippen LogP contribution in [0.25, 0.3) is 0 Å². The summed E-state index contributed by atoms with van der Waals surface area (Å²) in [7, 11) is 3.46. The molecule has 2 heterocycles. The standard InChI is InChI=1S/C18H22FN3O2/c1-12-10-21(2)17(20-12)13-5-4-8-22(11-13)18(23)15-9-14(19)6-7-16(15)24-3/h6-7,9-10,13H,4-5,8,11H2,1-3H3/t13-/m1/s1. The first-order chi connectivity index (χ1) is 11.5. The van der Waals surface area contributed by atoms with E-state index in [1.54, 1.807) is 4.90 Å². The Balaban J connectivity index is 1.83. The van der Waals surface area contributed by atoms with Crippen LogP contribution < -0.4 is 4.74 Å². The van der Waals surface area contributed by atoms with Crippen molar-refractivity contribution in [1.29, 1.82) is 0 Å². The maximum absolute atomic E-state index is 13.6. The normalized spacial score (nSPS) is 17.8. The van der Waals surface area contributed by atoms with Gasteiger partial charge >= 0.3 is 0 Å². The third-order valence-corrected chi connectivity index (χ3v) is 4.50. The second-order valence-electron chi connectivity index (χ2n) is 6.29. The third kappa shape index (κ3) is 3.13. The molecule has 2 aromatic rings. The minimum Gasteiger partial charge on any atom is -0.496 e. The van der Waals surface area contributed by atoms with Crippen LogP contribution in [-0.2, 0) is 7.05 Å². The van der Waals surface area contributed by atoms with Crippen LogP contribution in [0.1, 0.15) is 40.6 Å². The van der Waals surface area contributed by atoms with Crippen molar-refractivity contribution in [3.05, 3.63) is 47.3 Å². The number of methoxy groups -OCH3 is 1. The number of piperidine rings is 1. The Kier molecular flexibility index (Phi) is 4.55. The van der Waals surface area contributed by atoms with E-state index in [-0.39, 0.29) is 17.4 Å². The van der Waals surface area contributed by atoms with E-state index >= 15 is 0 Å². The molecule has 5 nitrogen and oxygen atoms in total. The molecule has 6 heteroatoms. The van der Waals surface area contributed by atoms with Gasteiger partial charge in [-0.3, -0.25) is 4.79 Å². The Morgan fingerprint density at radius 2 is 2.21 bits per heavy atom. The molecule has 24 heavy (non-hydrogen) atoms. The quantitative estimate of drug-likeness (QED) is 0.869. The molecule has 1 atom stereocenters. The van der Waals surface area contributed by atoms with Crippen molar-refractivity contribution in [2.75, 3.05) is 20.2 Å². The van der Waals surface area contributed by atoms with E-state index in [2.05, 4.69) is 4.98 Å². The molecule has 0 saturated carbocycles. The lowest BCUT2D eigenvalue weighted by atomic mass is 9.96. The highest BCUT2D eigenvalue weighted by atomic mass is 19.1. The number of carbonyl (C=O) groups excluding carboxylic acids is 1. The van der Waals surface area contributed by atoms with Gasteiger partial charge in [0.05, 0.1) is 18.4 Å². The lowest BCUT2D eigenvalue weighted by Gasteiger charge is -2.32. The number of nitrogens with zero attached hydrogens (tertiary/aromatic N) is 3. The first-order valence-electron chi connectivity index (χ1n) is 8.12. The maximum atomic E-state index is 13.6. The number of aryl methyl sites for hydroxylation is 2. The van der Waals surface area contributed by atoms with E-state index < -0.39 is 5.82 Å². The number of hydrogen-bond donors (Lipinski definition) is 0. The fourth-order valence-corrected chi connectivity index (χ4v) is 3.40. The monoisotopic (exact) mass is 331 g/mol. The minimum atomic E-state index is -0.438. The molecule has 1 saturated heterocycles. The predicted molar refractivity (Wildman–Crippen MR) is 88.8 cm³/mol. The number of halogens is 1. The topological polar surface area (TPSA) is 47.4 Å². The van der Waals surface area contributed by atoms with Gasteiger partial charge in [-0.05, 0) is 38.0 Å². The minimum absolute atomic E-state index is 0.193. The summed E-state index contributed by atoms with van der Waals surface area (Å²) in [4.78, 5) is 19.2. The van der Waals surface area contributed by atoms with Crippen molar-refractivity contribution in [2.45, 2.75) is 25.7 Å². The Morgan fingerprint density at radius 1 is 1.42 bits per heavy atom. The SMILES string of the molecule is COc1ccc(F)cc1C(=O)N1CCC[C@@H](c2nc(C)cn2C)C1. The summed E-state index contributed by atoms with van der Waals surface area (Å²) >= 11 is 0. The van der Waals surface area contributed by atoms with Crippen molar-refractivity contribution in [3.8, 4) is 5.75 Å². The number of ether oxygens (including phenoxy) is 1. The summed E-state index contributed by atoms with van der Waals surface area (Å²) in [5.74, 6) is 0.961. The van der Waals surface area contributed by atoms with Gasteiger partial charge in [0.15, 0.2) is 0 Å². The number of benzene rings is 1. The summed E-state index contributed by atoms with van der Waals surface area (Å²) < 4.78 is 20.8. The van der Waals surface area contributed by atoms with Gasteiger partial charge in [0.1, 0.15) is 17.4 Å². The van der Waals surface area contributed by atoms with E-state index in [0.29, 0.717) is 18.8 Å². The first-order valence-corrected chi connectivity index (χ1v) is 8.12. The van der Waals surface area contributed by atoms with Gasteiger partial charge in [0.2, 0.25) is 0 Å². The lowest BCUT2D eigenvalue weighted by molar-refractivity contribution is 0.0699. The van der Waals surface area contributed by atoms with Gasteiger partial charge in [0.25, 0.3) is 5.91 Å². The van der Waals surface area contributed by atoms with Crippen LogP contribution >= 0.6 is 0 Å². The number of rotatable bonds is 3. The predicted octanol–water partition coefficient (Wildman–Crippen LogP) is 2.90. The van der Waals surface area contributed by atoms with Gasteiger partial charge in [-0.15, -0.1) is 0 Å². The van der Waals surface area contributed by atoms with Crippen molar-refractivity contribution < 1.29 is 13.9 Å². The van der Waals surface area contributed by atoms with E-state index in [4.69, 9.17) is 4.74 Å². The molecule has 0 unspecified atom stereocenters. The molecule has 1 fully saturated rings. The summed E-state index contributed by atoms with van der Waals surface area (Å²) in [5.41, 5.74) is 1.25. The summed E-state index contributed by atoms with van der Waals surface area (Å²) in [6, 6.07) is 4.03. The van der Waals surface area contributed by atoms with Gasteiger partial charge in [-0.1, -0.05) is 0 Å². The Bertz CT molecular complexity index is 757. The van der Waals surface area contributed by atoms with Gasteiger partial charge in [-0.25, -0.2) is 9.37 Å². The summed E-state index contributed by atoms with van der Waals surface area (Å²) in [6.45, 7) is 3.22. The second-order valence-corrected chi connectivity index (χ2v) is 6.29. The van der Waals surface area contributed by atoms with Gasteiger partial charge < -0.3 is 14.2 Å². The summed E-state index contributed by atoms with van der Waals surface area (Å²) in [5, 5.41) is 0. The van der Waals surface area contributed by atoms with Crippen molar-refractivity contribution >= 4 is 5.91 Å². The zero-order chi connectivity index (χ0) is 17.3. The highest BCUT2D eigenvalue weighted by Crippen LogP contribution is 2.29. The molecule has 0 spiro atoms. The molecular weight excluding hydrogens is 309 g/mol. The Morgan fingerprint density at radius 3 is 2.88 bits per heavy atom. The van der Waals surface area contributed by atoms with Gasteiger partial charge in [-0.2, -0.15) is 0 Å². The van der Waals surface area contributed by atoms with Crippen LogP contribution in [0.2, 0.25) is 0 Å². The number of likely N-dealkylation sites (tertiary alicyclic amines) is 1. The number of carbonyl (C=O) groups is 1.